The minimum atomic E-state index is 0.984. The first-order valence-corrected chi connectivity index (χ1v) is 5.93. The second-order valence-corrected chi connectivity index (χ2v) is 4.10. The van der Waals surface area contributed by atoms with Crippen LogP contribution in [0, 0.1) is 0 Å². The second kappa shape index (κ2) is 4.63. The number of aryl methyl sites for hydroxylation is 1. The van der Waals surface area contributed by atoms with Crippen LogP contribution in [-0.2, 0) is 11.2 Å². The molecule has 2 aliphatic rings. The molecule has 0 N–H and O–H groups in total. The van der Waals surface area contributed by atoms with Gasteiger partial charge >= 0.3 is 0 Å². The summed E-state index contributed by atoms with van der Waals surface area (Å²) in [4.78, 5) is 9.17. The van der Waals surface area contributed by atoms with Crippen molar-refractivity contribution in [2.24, 2.45) is 0 Å². The summed E-state index contributed by atoms with van der Waals surface area (Å²) in [6.07, 6.45) is 6.33. The highest BCUT2D eigenvalue weighted by atomic mass is 16.6. The maximum Gasteiger partial charge on any atom is 0.0894 e. The van der Waals surface area contributed by atoms with E-state index >= 15 is 0 Å². The monoisotopic (exact) mass is 226 g/mol. The van der Waals surface area contributed by atoms with Gasteiger partial charge in [-0.1, -0.05) is 18.2 Å². The molecule has 1 saturated heterocycles. The van der Waals surface area contributed by atoms with Gasteiger partial charge in [0.25, 0.3) is 0 Å². The van der Waals surface area contributed by atoms with Gasteiger partial charge in [0, 0.05) is 0 Å². The van der Waals surface area contributed by atoms with Gasteiger partial charge < -0.3 is 4.74 Å². The van der Waals surface area contributed by atoms with Crippen molar-refractivity contribution in [3.8, 4) is 0 Å². The van der Waals surface area contributed by atoms with E-state index in [1.165, 1.54) is 0 Å². The molecular formula is C14H14N2O. The Morgan fingerprint density at radius 1 is 1.00 bits per heavy atom. The van der Waals surface area contributed by atoms with E-state index in [0.29, 0.717) is 0 Å². The number of nitrogens with zero attached hydrogens (tertiary/aromatic N) is 2. The molecule has 0 unspecified atom stereocenters. The third kappa shape index (κ3) is 2.50. The molecule has 0 saturated carbocycles. The minimum absolute atomic E-state index is 0.984. The Morgan fingerprint density at radius 2 is 1.71 bits per heavy atom. The molecule has 17 heavy (non-hydrogen) atoms. The quantitative estimate of drug-likeness (QED) is 0.648. The number of allylic oxidation sites excluding steroid dienone is 1. The average molecular weight is 226 g/mol. The maximum atomic E-state index is 4.60. The fourth-order valence-electron chi connectivity index (χ4n) is 1.78. The van der Waals surface area contributed by atoms with E-state index in [2.05, 4.69) is 26.9 Å². The highest BCUT2D eigenvalue weighted by Gasteiger charge is 2.08. The number of para-hydroxylation sites is 2. The van der Waals surface area contributed by atoms with Crippen LogP contribution in [0.25, 0.3) is 17.1 Å². The van der Waals surface area contributed by atoms with Crippen molar-refractivity contribution < 1.29 is 4.74 Å². The zero-order chi connectivity index (χ0) is 11.5. The van der Waals surface area contributed by atoms with E-state index in [1.807, 2.05) is 24.3 Å². The molecule has 0 spiro atoms. The Bertz CT molecular complexity index is 558. The summed E-state index contributed by atoms with van der Waals surface area (Å²) >= 11 is 0. The topological polar surface area (TPSA) is 38.3 Å². The fourth-order valence-corrected chi connectivity index (χ4v) is 1.78. The number of rotatable bonds is 0. The molecule has 3 heteroatoms. The van der Waals surface area contributed by atoms with Crippen LogP contribution in [0.15, 0.2) is 30.3 Å². The fraction of sp³-hybridized carbons (Fsp3) is 0.286. The Balaban J connectivity index is 0.000000264. The number of hydrogen-bond donors (Lipinski definition) is 0. The van der Waals surface area contributed by atoms with E-state index < -0.39 is 0 Å². The van der Waals surface area contributed by atoms with Crippen molar-refractivity contribution >= 4 is 17.1 Å². The average Bonchev–Trinajstić information content (AvgIpc) is 3.24. The molecule has 4 rings (SSSR count). The van der Waals surface area contributed by atoms with E-state index in [9.17, 15) is 0 Å². The summed E-state index contributed by atoms with van der Waals surface area (Å²) in [5.74, 6) is 0. The highest BCUT2D eigenvalue weighted by Crippen LogP contribution is 2.18. The molecule has 1 aromatic carbocycles. The second-order valence-electron chi connectivity index (χ2n) is 4.10. The van der Waals surface area contributed by atoms with Crippen molar-refractivity contribution in [2.75, 3.05) is 13.2 Å². The van der Waals surface area contributed by atoms with Crippen LogP contribution in [-0.4, -0.2) is 23.2 Å². The third-order valence-corrected chi connectivity index (χ3v) is 2.70. The van der Waals surface area contributed by atoms with E-state index in [-0.39, 0.29) is 0 Å². The number of benzene rings is 1. The van der Waals surface area contributed by atoms with Gasteiger partial charge in [-0.3, -0.25) is 0 Å². The Morgan fingerprint density at radius 3 is 2.41 bits per heavy atom. The van der Waals surface area contributed by atoms with Crippen LogP contribution in [0.1, 0.15) is 17.8 Å². The predicted octanol–water partition coefficient (Wildman–Crippen LogP) is 2.61. The lowest BCUT2D eigenvalue weighted by Crippen LogP contribution is -2.01. The molecule has 86 valence electrons. The van der Waals surface area contributed by atoms with Gasteiger partial charge in [-0.05, 0) is 31.1 Å². The molecule has 0 amide bonds. The first-order valence-electron chi connectivity index (χ1n) is 5.93. The molecule has 3 nitrogen and oxygen atoms in total. The van der Waals surface area contributed by atoms with Crippen LogP contribution in [0.2, 0.25) is 0 Å². The van der Waals surface area contributed by atoms with Crippen molar-refractivity contribution in [3.63, 3.8) is 0 Å². The van der Waals surface area contributed by atoms with Gasteiger partial charge in [-0.2, -0.15) is 0 Å². The normalized spacial score (nSPS) is 16.0. The Hall–Kier alpha value is -1.74. The molecule has 2 heterocycles. The lowest BCUT2D eigenvalue weighted by Gasteiger charge is -2.09. The van der Waals surface area contributed by atoms with E-state index in [1.54, 1.807) is 0 Å². The summed E-state index contributed by atoms with van der Waals surface area (Å²) in [6.45, 7) is 2.00. The van der Waals surface area contributed by atoms with E-state index in [4.69, 9.17) is 0 Å². The van der Waals surface area contributed by atoms with Crippen LogP contribution in [0.3, 0.4) is 0 Å². The lowest BCUT2D eigenvalue weighted by molar-refractivity contribution is 0.475. The SMILES string of the molecule is C1=Cc2nc3ccccc3nc2CC1.C1CO1. The standard InChI is InChI=1S/C12H10N2.C2H4O/c1-2-6-10-9(5-1)13-11-7-3-4-8-12(11)14-10;1-2-3-1/h1-3,5-7H,4,8H2;1-2H2. The number of aromatic nitrogens is 2. The van der Waals surface area contributed by atoms with Crippen molar-refractivity contribution in [2.45, 2.75) is 12.8 Å². The van der Waals surface area contributed by atoms with Crippen LogP contribution in [0.5, 0.6) is 0 Å². The molecule has 0 atom stereocenters. The van der Waals surface area contributed by atoms with E-state index in [0.717, 1.165) is 48.5 Å². The molecular weight excluding hydrogens is 212 g/mol. The molecule has 1 aliphatic carbocycles. The molecule has 2 aromatic rings. The Kier molecular flexibility index (Phi) is 2.84. The van der Waals surface area contributed by atoms with Crippen molar-refractivity contribution in [1.82, 2.24) is 9.97 Å². The third-order valence-electron chi connectivity index (χ3n) is 2.70. The summed E-state index contributed by atoms with van der Waals surface area (Å²) < 4.78 is 4.50. The van der Waals surface area contributed by atoms with Crippen molar-refractivity contribution in [1.29, 1.82) is 0 Å². The van der Waals surface area contributed by atoms with Gasteiger partial charge in [0.15, 0.2) is 0 Å². The summed E-state index contributed by atoms with van der Waals surface area (Å²) in [5.41, 5.74) is 4.15. The summed E-state index contributed by atoms with van der Waals surface area (Å²) in [6, 6.07) is 8.02. The van der Waals surface area contributed by atoms with Gasteiger partial charge in [0.05, 0.1) is 35.6 Å². The van der Waals surface area contributed by atoms with Crippen molar-refractivity contribution in [3.05, 3.63) is 41.7 Å². The van der Waals surface area contributed by atoms with Gasteiger partial charge in [0.2, 0.25) is 0 Å². The molecule has 1 aliphatic heterocycles. The van der Waals surface area contributed by atoms with Crippen LogP contribution < -0.4 is 0 Å². The summed E-state index contributed by atoms with van der Waals surface area (Å²) in [5, 5.41) is 0. The smallest absolute Gasteiger partial charge is 0.0894 e. The molecule has 1 fully saturated rings. The van der Waals surface area contributed by atoms with Gasteiger partial charge in [-0.15, -0.1) is 0 Å². The zero-order valence-electron chi connectivity index (χ0n) is 9.60. The lowest BCUT2D eigenvalue weighted by atomic mass is 10.1. The summed E-state index contributed by atoms with van der Waals surface area (Å²) in [7, 11) is 0. The van der Waals surface area contributed by atoms with Gasteiger partial charge in [-0.25, -0.2) is 9.97 Å². The number of hydrogen-bond acceptors (Lipinski definition) is 3. The molecule has 1 aromatic heterocycles. The van der Waals surface area contributed by atoms with Crippen LogP contribution >= 0.6 is 0 Å². The Labute approximate surface area is 100 Å². The first kappa shape index (κ1) is 10.4. The van der Waals surface area contributed by atoms with Gasteiger partial charge in [0.1, 0.15) is 0 Å². The molecule has 0 radical (unpaired) electrons. The zero-order valence-corrected chi connectivity index (χ0v) is 9.60. The highest BCUT2D eigenvalue weighted by molar-refractivity contribution is 5.75. The minimum Gasteiger partial charge on any atom is -0.377 e. The predicted molar refractivity (Wildman–Crippen MR) is 67.7 cm³/mol. The largest absolute Gasteiger partial charge is 0.377 e. The molecule has 0 bridgehead atoms. The number of epoxide rings is 1. The first-order chi connectivity index (χ1) is 8.43. The maximum absolute atomic E-state index is 4.60. The number of fused-ring (bicyclic) bond motifs is 2. The number of ether oxygens (including phenoxy) is 1. The van der Waals surface area contributed by atoms with Crippen LogP contribution in [0.4, 0.5) is 0 Å².